The molecule has 3 aromatic rings. The van der Waals surface area contributed by atoms with Crippen molar-refractivity contribution in [3.8, 4) is 0 Å². The zero-order valence-corrected chi connectivity index (χ0v) is 11.0. The number of thiophene rings is 1. The molecule has 0 unspecified atom stereocenters. The Morgan fingerprint density at radius 2 is 2.22 bits per heavy atom. The van der Waals surface area contributed by atoms with Gasteiger partial charge in [0.25, 0.3) is 5.56 Å². The van der Waals surface area contributed by atoms with Crippen LogP contribution >= 0.6 is 11.3 Å². The summed E-state index contributed by atoms with van der Waals surface area (Å²) >= 11 is 1.58. The van der Waals surface area contributed by atoms with E-state index in [1.54, 1.807) is 15.9 Å². The number of aromatic nitrogens is 2. The van der Waals surface area contributed by atoms with E-state index >= 15 is 0 Å². The first-order valence-corrected chi connectivity index (χ1v) is 6.53. The maximum absolute atomic E-state index is 12.3. The molecule has 3 aromatic heterocycles. The molecule has 3 heterocycles. The molecule has 0 atom stereocenters. The molecular formula is C13H12N2O2S. The molecule has 0 aliphatic carbocycles. The summed E-state index contributed by atoms with van der Waals surface area (Å²) in [5.41, 5.74) is 1.85. The molecule has 0 spiro atoms. The van der Waals surface area contributed by atoms with E-state index in [9.17, 15) is 4.79 Å². The third kappa shape index (κ3) is 1.67. The predicted molar refractivity (Wildman–Crippen MR) is 71.2 cm³/mol. The predicted octanol–water partition coefficient (Wildman–Crippen LogP) is 2.72. The van der Waals surface area contributed by atoms with Crippen molar-refractivity contribution in [2.45, 2.75) is 20.4 Å². The average molecular weight is 260 g/mol. The highest BCUT2D eigenvalue weighted by Gasteiger charge is 2.11. The number of fused-ring (bicyclic) bond motifs is 1. The van der Waals surface area contributed by atoms with Gasteiger partial charge < -0.3 is 9.09 Å². The van der Waals surface area contributed by atoms with E-state index in [0.29, 0.717) is 6.54 Å². The minimum atomic E-state index is 0.0359. The van der Waals surface area contributed by atoms with Crippen LogP contribution in [0.5, 0.6) is 0 Å². The summed E-state index contributed by atoms with van der Waals surface area (Å²) in [6.45, 7) is 4.26. The first kappa shape index (κ1) is 11.2. The SMILES string of the molecule is Cc1noc(C)c1Cn1ccc2sccc2c1=O. The Morgan fingerprint density at radius 1 is 1.39 bits per heavy atom. The Morgan fingerprint density at radius 3 is 2.94 bits per heavy atom. The van der Waals surface area contributed by atoms with Crippen LogP contribution < -0.4 is 5.56 Å². The van der Waals surface area contributed by atoms with E-state index in [1.807, 2.05) is 37.6 Å². The minimum absolute atomic E-state index is 0.0359. The first-order chi connectivity index (χ1) is 8.66. The second kappa shape index (κ2) is 4.10. The normalized spacial score (nSPS) is 11.2. The lowest BCUT2D eigenvalue weighted by molar-refractivity contribution is 0.392. The Bertz CT molecular complexity index is 747. The number of nitrogens with zero attached hydrogens (tertiary/aromatic N) is 2. The molecule has 0 fully saturated rings. The highest BCUT2D eigenvalue weighted by atomic mass is 32.1. The molecule has 0 aliphatic heterocycles. The molecule has 0 saturated carbocycles. The van der Waals surface area contributed by atoms with Crippen molar-refractivity contribution < 1.29 is 4.52 Å². The monoisotopic (exact) mass is 260 g/mol. The fraction of sp³-hybridized carbons (Fsp3) is 0.231. The number of aryl methyl sites for hydroxylation is 2. The van der Waals surface area contributed by atoms with Gasteiger partial charge in [-0.25, -0.2) is 0 Å². The summed E-state index contributed by atoms with van der Waals surface area (Å²) in [5.74, 6) is 0.768. The van der Waals surface area contributed by atoms with Crippen LogP contribution in [0, 0.1) is 13.8 Å². The second-order valence-corrected chi connectivity index (χ2v) is 5.20. The van der Waals surface area contributed by atoms with Gasteiger partial charge in [-0.05, 0) is 31.4 Å². The van der Waals surface area contributed by atoms with E-state index in [0.717, 1.165) is 27.1 Å². The topological polar surface area (TPSA) is 48.0 Å². The van der Waals surface area contributed by atoms with Crippen molar-refractivity contribution in [1.29, 1.82) is 0 Å². The van der Waals surface area contributed by atoms with Crippen molar-refractivity contribution in [3.63, 3.8) is 0 Å². The summed E-state index contributed by atoms with van der Waals surface area (Å²) in [6.07, 6.45) is 1.83. The van der Waals surface area contributed by atoms with Gasteiger partial charge in [-0.2, -0.15) is 0 Å². The Labute approximate surface area is 107 Å². The van der Waals surface area contributed by atoms with Crippen molar-refractivity contribution in [1.82, 2.24) is 9.72 Å². The summed E-state index contributed by atoms with van der Waals surface area (Å²) < 4.78 is 7.84. The molecule has 0 aliphatic rings. The van der Waals surface area contributed by atoms with E-state index in [4.69, 9.17) is 4.52 Å². The van der Waals surface area contributed by atoms with Crippen LogP contribution in [0.2, 0.25) is 0 Å². The van der Waals surface area contributed by atoms with Gasteiger partial charge in [-0.15, -0.1) is 11.3 Å². The largest absolute Gasteiger partial charge is 0.361 e. The highest BCUT2D eigenvalue weighted by Crippen LogP contribution is 2.18. The van der Waals surface area contributed by atoms with Gasteiger partial charge in [0.2, 0.25) is 0 Å². The van der Waals surface area contributed by atoms with E-state index in [1.165, 1.54) is 0 Å². The molecule has 92 valence electrons. The van der Waals surface area contributed by atoms with E-state index in [-0.39, 0.29) is 5.56 Å². The van der Waals surface area contributed by atoms with Crippen molar-refractivity contribution >= 4 is 21.4 Å². The molecule has 0 radical (unpaired) electrons. The minimum Gasteiger partial charge on any atom is -0.361 e. The zero-order valence-electron chi connectivity index (χ0n) is 10.1. The fourth-order valence-electron chi connectivity index (χ4n) is 2.03. The third-order valence-corrected chi connectivity index (χ3v) is 3.98. The number of hydrogen-bond acceptors (Lipinski definition) is 4. The molecule has 0 N–H and O–H groups in total. The highest BCUT2D eigenvalue weighted by molar-refractivity contribution is 7.17. The molecule has 0 aromatic carbocycles. The quantitative estimate of drug-likeness (QED) is 0.711. The lowest BCUT2D eigenvalue weighted by Gasteiger charge is -2.05. The molecule has 0 amide bonds. The molecule has 5 heteroatoms. The van der Waals surface area contributed by atoms with Gasteiger partial charge in [-0.3, -0.25) is 4.79 Å². The van der Waals surface area contributed by atoms with Crippen molar-refractivity contribution in [2.24, 2.45) is 0 Å². The van der Waals surface area contributed by atoms with Crippen LogP contribution in [0.1, 0.15) is 17.0 Å². The summed E-state index contributed by atoms with van der Waals surface area (Å²) in [5, 5.41) is 6.62. The van der Waals surface area contributed by atoms with Crippen LogP contribution in [0.3, 0.4) is 0 Å². The van der Waals surface area contributed by atoms with E-state index < -0.39 is 0 Å². The molecule has 18 heavy (non-hydrogen) atoms. The standard InChI is InChI=1S/C13H12N2O2S/c1-8-11(9(2)17-14-8)7-15-5-3-12-10(13(15)16)4-6-18-12/h3-6H,7H2,1-2H3. The summed E-state index contributed by atoms with van der Waals surface area (Å²) in [6, 6.07) is 3.84. The molecule has 4 nitrogen and oxygen atoms in total. The third-order valence-electron chi connectivity index (χ3n) is 3.10. The van der Waals surface area contributed by atoms with Crippen LogP contribution in [-0.2, 0) is 6.54 Å². The maximum Gasteiger partial charge on any atom is 0.259 e. The number of rotatable bonds is 2. The molecular weight excluding hydrogens is 248 g/mol. The van der Waals surface area contributed by atoms with Gasteiger partial charge in [0, 0.05) is 16.5 Å². The average Bonchev–Trinajstić information content (AvgIpc) is 2.94. The van der Waals surface area contributed by atoms with Gasteiger partial charge in [0.15, 0.2) is 0 Å². The van der Waals surface area contributed by atoms with Crippen LogP contribution in [-0.4, -0.2) is 9.72 Å². The number of hydrogen-bond donors (Lipinski definition) is 0. The molecule has 3 rings (SSSR count). The van der Waals surface area contributed by atoms with Gasteiger partial charge in [0.05, 0.1) is 17.6 Å². The number of pyridine rings is 1. The van der Waals surface area contributed by atoms with Crippen molar-refractivity contribution in [3.05, 3.63) is 51.1 Å². The summed E-state index contributed by atoms with van der Waals surface area (Å²) in [7, 11) is 0. The summed E-state index contributed by atoms with van der Waals surface area (Å²) in [4.78, 5) is 12.3. The van der Waals surface area contributed by atoms with Crippen molar-refractivity contribution in [2.75, 3.05) is 0 Å². The lowest BCUT2D eigenvalue weighted by atomic mass is 10.2. The maximum atomic E-state index is 12.3. The first-order valence-electron chi connectivity index (χ1n) is 5.65. The zero-order chi connectivity index (χ0) is 12.7. The van der Waals surface area contributed by atoms with Crippen LogP contribution in [0.25, 0.3) is 10.1 Å². The Balaban J connectivity index is 2.10. The van der Waals surface area contributed by atoms with Gasteiger partial charge in [-0.1, -0.05) is 5.16 Å². The Hall–Kier alpha value is -1.88. The fourth-order valence-corrected chi connectivity index (χ4v) is 2.80. The van der Waals surface area contributed by atoms with Crippen LogP contribution in [0.15, 0.2) is 33.0 Å². The van der Waals surface area contributed by atoms with Gasteiger partial charge >= 0.3 is 0 Å². The molecule has 0 bridgehead atoms. The molecule has 0 saturated heterocycles. The Kier molecular flexibility index (Phi) is 2.56. The van der Waals surface area contributed by atoms with Gasteiger partial charge in [0.1, 0.15) is 5.76 Å². The smallest absolute Gasteiger partial charge is 0.259 e. The van der Waals surface area contributed by atoms with Crippen LogP contribution in [0.4, 0.5) is 0 Å². The second-order valence-electron chi connectivity index (χ2n) is 4.25. The lowest BCUT2D eigenvalue weighted by Crippen LogP contribution is -2.19. The van der Waals surface area contributed by atoms with E-state index in [2.05, 4.69) is 5.16 Å².